The molecule has 2 aromatic carbocycles. The smallest absolute Gasteiger partial charge is 0.150 e. The highest BCUT2D eigenvalue weighted by Crippen LogP contribution is 2.37. The maximum atomic E-state index is 11.9. The van der Waals surface area contributed by atoms with Gasteiger partial charge in [0, 0.05) is 5.02 Å². The summed E-state index contributed by atoms with van der Waals surface area (Å²) < 4.78 is 23.9. The molecule has 2 N–H and O–H groups in total. The second kappa shape index (κ2) is 6.59. The van der Waals surface area contributed by atoms with E-state index in [2.05, 4.69) is 10.6 Å². The fraction of sp³-hybridized carbons (Fsp3) is 0.316. The normalized spacial score (nSPS) is 21.7. The van der Waals surface area contributed by atoms with E-state index in [1.165, 1.54) is 0 Å². The predicted octanol–water partition coefficient (Wildman–Crippen LogP) is 3.72. The Kier molecular flexibility index (Phi) is 4.40. The van der Waals surface area contributed by atoms with Gasteiger partial charge in [-0.2, -0.15) is 0 Å². The molecule has 2 aliphatic heterocycles. The Balaban J connectivity index is 1.68. The molecule has 0 amide bonds. The van der Waals surface area contributed by atoms with E-state index >= 15 is 0 Å². The summed E-state index contributed by atoms with van der Waals surface area (Å²) in [5.41, 5.74) is 2.48. The van der Waals surface area contributed by atoms with E-state index in [1.807, 2.05) is 48.5 Å². The van der Waals surface area contributed by atoms with Crippen LogP contribution in [0.5, 0.6) is 0 Å². The maximum absolute atomic E-state index is 11.9. The number of sulfone groups is 1. The molecule has 1 saturated heterocycles. The van der Waals surface area contributed by atoms with Gasteiger partial charge in [0.25, 0.3) is 0 Å². The highest BCUT2D eigenvalue weighted by Gasteiger charge is 2.44. The summed E-state index contributed by atoms with van der Waals surface area (Å²) in [6, 6.07) is 15.5. The van der Waals surface area contributed by atoms with Crippen molar-refractivity contribution in [2.24, 2.45) is 4.99 Å². The highest BCUT2D eigenvalue weighted by molar-refractivity contribution is 7.91. The Morgan fingerprint density at radius 3 is 2.50 bits per heavy atom. The quantitative estimate of drug-likeness (QED) is 0.821. The van der Waals surface area contributed by atoms with Gasteiger partial charge < -0.3 is 10.6 Å². The van der Waals surface area contributed by atoms with Crippen molar-refractivity contribution < 1.29 is 8.42 Å². The Morgan fingerprint density at radius 1 is 1.04 bits per heavy atom. The topological polar surface area (TPSA) is 70.6 Å². The van der Waals surface area contributed by atoms with Crippen LogP contribution in [0.15, 0.2) is 53.5 Å². The molecule has 0 atom stereocenters. The number of benzene rings is 2. The molecular weight excluding hydrogens is 370 g/mol. The summed E-state index contributed by atoms with van der Waals surface area (Å²) in [5.74, 6) is 1.13. The lowest BCUT2D eigenvalue weighted by Gasteiger charge is -2.43. The summed E-state index contributed by atoms with van der Waals surface area (Å²) in [4.78, 5) is 4.81. The molecule has 0 saturated carbocycles. The average molecular weight is 390 g/mol. The molecule has 2 aliphatic rings. The van der Waals surface area contributed by atoms with Gasteiger partial charge in [-0.3, -0.25) is 4.99 Å². The number of anilines is 2. The molecule has 0 radical (unpaired) electrons. The summed E-state index contributed by atoms with van der Waals surface area (Å²) in [5, 5.41) is 7.68. The van der Waals surface area contributed by atoms with E-state index in [4.69, 9.17) is 16.6 Å². The number of nitrogens with one attached hydrogen (secondary N) is 2. The Morgan fingerprint density at radius 2 is 1.77 bits per heavy atom. The lowest BCUT2D eigenvalue weighted by atomic mass is 9.87. The number of hydrogen-bond acceptors (Lipinski definition) is 4. The molecule has 4 rings (SSSR count). The van der Waals surface area contributed by atoms with E-state index in [1.54, 1.807) is 0 Å². The summed E-state index contributed by atoms with van der Waals surface area (Å²) >= 11 is 6.06. The first-order valence-electron chi connectivity index (χ1n) is 8.60. The molecule has 1 spiro atoms. The van der Waals surface area contributed by atoms with Crippen LogP contribution < -0.4 is 10.6 Å². The molecule has 0 unspecified atom stereocenters. The van der Waals surface area contributed by atoms with Crippen molar-refractivity contribution >= 4 is 38.6 Å². The number of halogens is 1. The average Bonchev–Trinajstić information content (AvgIpc) is 2.63. The van der Waals surface area contributed by atoms with Crippen LogP contribution in [0.4, 0.5) is 11.4 Å². The van der Waals surface area contributed by atoms with Crippen LogP contribution >= 0.6 is 11.6 Å². The van der Waals surface area contributed by atoms with Crippen LogP contribution in [-0.2, 0) is 16.4 Å². The third kappa shape index (κ3) is 3.44. The van der Waals surface area contributed by atoms with Gasteiger partial charge in [-0.05, 0) is 42.7 Å². The molecule has 1 fully saturated rings. The van der Waals surface area contributed by atoms with Crippen molar-refractivity contribution in [1.82, 2.24) is 0 Å². The van der Waals surface area contributed by atoms with E-state index in [0.29, 0.717) is 24.4 Å². The molecule has 2 aromatic rings. The molecule has 0 bridgehead atoms. The van der Waals surface area contributed by atoms with Crippen molar-refractivity contribution in [3.8, 4) is 0 Å². The second-order valence-corrected chi connectivity index (χ2v) is 9.56. The van der Waals surface area contributed by atoms with Gasteiger partial charge >= 0.3 is 0 Å². The van der Waals surface area contributed by atoms with Gasteiger partial charge in [-0.15, -0.1) is 0 Å². The Labute approximate surface area is 158 Å². The minimum absolute atomic E-state index is 0.167. The third-order valence-corrected chi connectivity index (χ3v) is 6.88. The van der Waals surface area contributed by atoms with Crippen LogP contribution in [-0.4, -0.2) is 31.3 Å². The third-order valence-electron chi connectivity index (χ3n) is 5.00. The van der Waals surface area contributed by atoms with Gasteiger partial charge in [0.1, 0.15) is 5.84 Å². The number of fused-ring (bicyclic) bond motifs is 1. The molecule has 136 valence electrons. The van der Waals surface area contributed by atoms with Crippen molar-refractivity contribution in [2.75, 3.05) is 22.1 Å². The molecular formula is C19H20ClN3O2S. The molecule has 0 aliphatic carbocycles. The summed E-state index contributed by atoms with van der Waals surface area (Å²) in [6.45, 7) is 0.487. The molecule has 26 heavy (non-hydrogen) atoms. The van der Waals surface area contributed by atoms with Crippen molar-refractivity contribution in [1.29, 1.82) is 0 Å². The second-order valence-electron chi connectivity index (χ2n) is 6.82. The number of rotatable bonds is 2. The standard InChI is InChI=1S/C19H20ClN3O2S/c20-15-5-3-4-14(12-15)13-21-18-19(8-10-26(24,25)11-9-19)23-17-7-2-1-6-16(17)22-18/h1-7,12,23H,8-11,13H2,(H,21,22). The van der Waals surface area contributed by atoms with Gasteiger partial charge in [-0.25, -0.2) is 8.42 Å². The van der Waals surface area contributed by atoms with Crippen LogP contribution in [0.2, 0.25) is 5.02 Å². The van der Waals surface area contributed by atoms with Gasteiger partial charge in [0.05, 0.1) is 35.0 Å². The Hall–Kier alpha value is -2.05. The summed E-state index contributed by atoms with van der Waals surface area (Å²) in [6.07, 6.45) is 1.01. The number of hydrogen-bond donors (Lipinski definition) is 2. The van der Waals surface area contributed by atoms with E-state index < -0.39 is 15.4 Å². The number of para-hydroxylation sites is 2. The number of aliphatic imine (C=N–C) groups is 1. The molecule has 0 aromatic heterocycles. The largest absolute Gasteiger partial charge is 0.371 e. The van der Waals surface area contributed by atoms with E-state index in [0.717, 1.165) is 22.8 Å². The number of amidine groups is 1. The van der Waals surface area contributed by atoms with Crippen LogP contribution in [0.1, 0.15) is 18.4 Å². The van der Waals surface area contributed by atoms with Crippen LogP contribution in [0.25, 0.3) is 0 Å². The summed E-state index contributed by atoms with van der Waals surface area (Å²) in [7, 11) is -2.97. The molecule has 7 heteroatoms. The zero-order valence-corrected chi connectivity index (χ0v) is 15.8. The lowest BCUT2D eigenvalue weighted by molar-refractivity contribution is 0.514. The predicted molar refractivity (Wildman–Crippen MR) is 107 cm³/mol. The maximum Gasteiger partial charge on any atom is 0.150 e. The SMILES string of the molecule is O=S1(=O)CCC2(CC1)Nc1ccccc1NC2=NCc1cccc(Cl)c1. The van der Waals surface area contributed by atoms with E-state index in [9.17, 15) is 8.42 Å². The van der Waals surface area contributed by atoms with Crippen molar-refractivity contribution in [2.45, 2.75) is 24.9 Å². The van der Waals surface area contributed by atoms with Crippen molar-refractivity contribution in [3.63, 3.8) is 0 Å². The van der Waals surface area contributed by atoms with Crippen LogP contribution in [0.3, 0.4) is 0 Å². The first-order valence-corrected chi connectivity index (χ1v) is 10.8. The highest BCUT2D eigenvalue weighted by atomic mass is 35.5. The fourth-order valence-electron chi connectivity index (χ4n) is 3.51. The van der Waals surface area contributed by atoms with Gasteiger partial charge in [0.15, 0.2) is 9.84 Å². The van der Waals surface area contributed by atoms with Gasteiger partial charge in [0.2, 0.25) is 0 Å². The molecule has 5 nitrogen and oxygen atoms in total. The van der Waals surface area contributed by atoms with Crippen molar-refractivity contribution in [3.05, 3.63) is 59.1 Å². The first kappa shape index (κ1) is 17.4. The minimum atomic E-state index is -2.97. The van der Waals surface area contributed by atoms with Gasteiger partial charge in [-0.1, -0.05) is 35.9 Å². The van der Waals surface area contributed by atoms with Crippen LogP contribution in [0, 0.1) is 0 Å². The Bertz CT molecular complexity index is 958. The minimum Gasteiger partial charge on any atom is -0.371 e. The zero-order chi connectivity index (χ0) is 18.2. The van der Waals surface area contributed by atoms with E-state index in [-0.39, 0.29) is 11.5 Å². The number of nitrogens with zero attached hydrogens (tertiary/aromatic N) is 1. The lowest BCUT2D eigenvalue weighted by Crippen LogP contribution is -2.56. The fourth-order valence-corrected chi connectivity index (χ4v) is 5.25. The molecule has 2 heterocycles. The zero-order valence-electron chi connectivity index (χ0n) is 14.2. The first-order chi connectivity index (χ1) is 12.5. The monoisotopic (exact) mass is 389 g/mol.